The number of nitrogens with one attached hydrogen (secondary N) is 1. The third-order valence-corrected chi connectivity index (χ3v) is 3.48. The molecular formula is C14H16N2O2. The molecule has 0 aliphatic carbocycles. The van der Waals surface area contributed by atoms with E-state index in [1.54, 1.807) is 6.33 Å². The number of ether oxygens (including phenoxy) is 1. The fourth-order valence-corrected chi connectivity index (χ4v) is 2.40. The van der Waals surface area contributed by atoms with E-state index in [4.69, 9.17) is 4.74 Å². The molecule has 2 heterocycles. The van der Waals surface area contributed by atoms with Gasteiger partial charge < -0.3 is 14.8 Å². The van der Waals surface area contributed by atoms with Crippen molar-refractivity contribution in [3.05, 3.63) is 48.0 Å². The van der Waals surface area contributed by atoms with Gasteiger partial charge in [0.1, 0.15) is 5.75 Å². The summed E-state index contributed by atoms with van der Waals surface area (Å²) in [4.78, 5) is 7.07. The third-order valence-electron chi connectivity index (χ3n) is 3.48. The first-order valence-electron chi connectivity index (χ1n) is 6.21. The predicted molar refractivity (Wildman–Crippen MR) is 67.3 cm³/mol. The molecule has 2 atom stereocenters. The van der Waals surface area contributed by atoms with Crippen LogP contribution in [0.2, 0.25) is 0 Å². The highest BCUT2D eigenvalue weighted by molar-refractivity contribution is 5.36. The fraction of sp³-hybridized carbons (Fsp3) is 0.357. The molecule has 4 heteroatoms. The second kappa shape index (κ2) is 4.82. The second-order valence-corrected chi connectivity index (χ2v) is 4.67. The maximum absolute atomic E-state index is 10.3. The Morgan fingerprint density at radius 3 is 3.11 bits per heavy atom. The number of H-pyrrole nitrogens is 1. The molecule has 0 saturated heterocycles. The Kier molecular flexibility index (Phi) is 3.02. The number of aliphatic hydroxyl groups excluding tert-OH is 1. The van der Waals surface area contributed by atoms with Crippen molar-refractivity contribution in [2.45, 2.75) is 18.9 Å². The Bertz CT molecular complexity index is 510. The zero-order valence-electron chi connectivity index (χ0n) is 10.0. The summed E-state index contributed by atoms with van der Waals surface area (Å²) in [7, 11) is 0. The van der Waals surface area contributed by atoms with Gasteiger partial charge in [-0.1, -0.05) is 18.2 Å². The number of hydrogen-bond donors (Lipinski definition) is 2. The lowest BCUT2D eigenvalue weighted by atomic mass is 9.89. The number of nitrogens with zero attached hydrogens (tertiary/aromatic N) is 1. The molecule has 0 fully saturated rings. The van der Waals surface area contributed by atoms with Crippen LogP contribution in [0.1, 0.15) is 23.8 Å². The van der Waals surface area contributed by atoms with Crippen LogP contribution in [0.15, 0.2) is 36.8 Å². The van der Waals surface area contributed by atoms with Crippen molar-refractivity contribution in [2.75, 3.05) is 6.61 Å². The van der Waals surface area contributed by atoms with E-state index < -0.39 is 6.10 Å². The smallest absolute Gasteiger partial charge is 0.125 e. The number of aromatic amines is 1. The number of hydrogen-bond acceptors (Lipinski definition) is 3. The SMILES string of the molecule is OC1c2ccccc2OCC1CCc1cnc[nH]1. The molecule has 1 aromatic heterocycles. The lowest BCUT2D eigenvalue weighted by Gasteiger charge is -2.30. The van der Waals surface area contributed by atoms with Crippen molar-refractivity contribution in [1.29, 1.82) is 0 Å². The van der Waals surface area contributed by atoms with Crippen LogP contribution in [0.4, 0.5) is 0 Å². The number of aliphatic hydroxyl groups is 1. The van der Waals surface area contributed by atoms with Crippen molar-refractivity contribution in [1.82, 2.24) is 9.97 Å². The number of aryl methyl sites for hydroxylation is 1. The number of benzene rings is 1. The molecule has 0 spiro atoms. The molecule has 3 rings (SSSR count). The Hall–Kier alpha value is -1.81. The number of para-hydroxylation sites is 1. The minimum atomic E-state index is -0.433. The van der Waals surface area contributed by atoms with Crippen molar-refractivity contribution in [2.24, 2.45) is 5.92 Å². The van der Waals surface area contributed by atoms with Crippen molar-refractivity contribution >= 4 is 0 Å². The summed E-state index contributed by atoms with van der Waals surface area (Å²) >= 11 is 0. The first-order valence-corrected chi connectivity index (χ1v) is 6.21. The van der Waals surface area contributed by atoms with Gasteiger partial charge in [-0.15, -0.1) is 0 Å². The van der Waals surface area contributed by atoms with Gasteiger partial charge in [-0.25, -0.2) is 4.98 Å². The maximum Gasteiger partial charge on any atom is 0.125 e. The van der Waals surface area contributed by atoms with Gasteiger partial charge in [-0.05, 0) is 18.9 Å². The summed E-state index contributed by atoms with van der Waals surface area (Å²) in [5, 5.41) is 10.3. The molecule has 0 bridgehead atoms. The minimum Gasteiger partial charge on any atom is -0.493 e. The number of aromatic nitrogens is 2. The molecule has 1 aliphatic heterocycles. The van der Waals surface area contributed by atoms with Gasteiger partial charge in [0, 0.05) is 23.4 Å². The average Bonchev–Trinajstić information content (AvgIpc) is 2.91. The number of fused-ring (bicyclic) bond motifs is 1. The van der Waals surface area contributed by atoms with Crippen molar-refractivity contribution < 1.29 is 9.84 Å². The summed E-state index contributed by atoms with van der Waals surface area (Å²) < 4.78 is 5.69. The molecule has 0 radical (unpaired) electrons. The molecule has 1 aliphatic rings. The molecule has 4 nitrogen and oxygen atoms in total. The van der Waals surface area contributed by atoms with E-state index in [2.05, 4.69) is 9.97 Å². The minimum absolute atomic E-state index is 0.142. The molecular weight excluding hydrogens is 228 g/mol. The molecule has 18 heavy (non-hydrogen) atoms. The zero-order valence-corrected chi connectivity index (χ0v) is 10.0. The quantitative estimate of drug-likeness (QED) is 0.869. The van der Waals surface area contributed by atoms with Gasteiger partial charge in [0.15, 0.2) is 0 Å². The topological polar surface area (TPSA) is 58.1 Å². The average molecular weight is 244 g/mol. The number of rotatable bonds is 3. The van der Waals surface area contributed by atoms with E-state index in [-0.39, 0.29) is 5.92 Å². The molecule has 2 N–H and O–H groups in total. The highest BCUT2D eigenvalue weighted by atomic mass is 16.5. The van der Waals surface area contributed by atoms with E-state index in [0.717, 1.165) is 29.8 Å². The first-order chi connectivity index (χ1) is 8.84. The Morgan fingerprint density at radius 1 is 1.39 bits per heavy atom. The maximum atomic E-state index is 10.3. The summed E-state index contributed by atoms with van der Waals surface area (Å²) in [5.74, 6) is 0.950. The normalized spacial score (nSPS) is 22.3. The van der Waals surface area contributed by atoms with Crippen LogP contribution in [0.5, 0.6) is 5.75 Å². The van der Waals surface area contributed by atoms with Crippen LogP contribution in [0, 0.1) is 5.92 Å². The van der Waals surface area contributed by atoms with Gasteiger partial charge >= 0.3 is 0 Å². The van der Waals surface area contributed by atoms with Gasteiger partial charge in [-0.3, -0.25) is 0 Å². The van der Waals surface area contributed by atoms with E-state index in [1.807, 2.05) is 30.5 Å². The van der Waals surface area contributed by atoms with Crippen LogP contribution >= 0.6 is 0 Å². The van der Waals surface area contributed by atoms with Crippen molar-refractivity contribution in [3.8, 4) is 5.75 Å². The van der Waals surface area contributed by atoms with Gasteiger partial charge in [-0.2, -0.15) is 0 Å². The van der Waals surface area contributed by atoms with E-state index in [9.17, 15) is 5.11 Å². The van der Waals surface area contributed by atoms with Crippen molar-refractivity contribution in [3.63, 3.8) is 0 Å². The lowest BCUT2D eigenvalue weighted by Crippen LogP contribution is -2.26. The van der Waals surface area contributed by atoms with E-state index in [1.165, 1.54) is 0 Å². The molecule has 2 unspecified atom stereocenters. The Balaban J connectivity index is 1.69. The molecule has 2 aromatic rings. The molecule has 0 saturated carbocycles. The highest BCUT2D eigenvalue weighted by Crippen LogP contribution is 2.36. The van der Waals surface area contributed by atoms with E-state index in [0.29, 0.717) is 6.61 Å². The molecule has 0 amide bonds. The fourth-order valence-electron chi connectivity index (χ4n) is 2.40. The van der Waals surface area contributed by atoms with Crippen LogP contribution in [-0.2, 0) is 6.42 Å². The predicted octanol–water partition coefficient (Wildman–Crippen LogP) is 2.08. The van der Waals surface area contributed by atoms with Crippen LogP contribution in [-0.4, -0.2) is 21.7 Å². The zero-order chi connectivity index (χ0) is 12.4. The molecule has 1 aromatic carbocycles. The summed E-state index contributed by atoms with van der Waals surface area (Å²) in [5.41, 5.74) is 2.00. The largest absolute Gasteiger partial charge is 0.493 e. The third kappa shape index (κ3) is 2.11. The highest BCUT2D eigenvalue weighted by Gasteiger charge is 2.28. The van der Waals surface area contributed by atoms with Gasteiger partial charge in [0.2, 0.25) is 0 Å². The van der Waals surface area contributed by atoms with Crippen LogP contribution in [0.25, 0.3) is 0 Å². The first kappa shape index (κ1) is 11.3. The lowest BCUT2D eigenvalue weighted by molar-refractivity contribution is 0.0462. The Morgan fingerprint density at radius 2 is 2.28 bits per heavy atom. The standard InChI is InChI=1S/C14H16N2O2/c17-14-10(5-6-11-7-15-9-16-11)8-18-13-4-2-1-3-12(13)14/h1-4,7,9-10,14,17H,5-6,8H2,(H,15,16). The number of imidazole rings is 1. The van der Waals surface area contributed by atoms with Crippen LogP contribution in [0.3, 0.4) is 0 Å². The summed E-state index contributed by atoms with van der Waals surface area (Å²) in [6.45, 7) is 0.576. The Labute approximate surface area is 106 Å². The van der Waals surface area contributed by atoms with E-state index >= 15 is 0 Å². The summed E-state index contributed by atoms with van der Waals surface area (Å²) in [6, 6.07) is 7.70. The molecule has 94 valence electrons. The van der Waals surface area contributed by atoms with Crippen LogP contribution < -0.4 is 4.74 Å². The summed E-state index contributed by atoms with van der Waals surface area (Å²) in [6.07, 6.45) is 4.84. The second-order valence-electron chi connectivity index (χ2n) is 4.67. The monoisotopic (exact) mass is 244 g/mol. The van der Waals surface area contributed by atoms with Gasteiger partial charge in [0.25, 0.3) is 0 Å². The van der Waals surface area contributed by atoms with Gasteiger partial charge in [0.05, 0.1) is 19.0 Å².